The van der Waals surface area contributed by atoms with Gasteiger partial charge in [-0.25, -0.2) is 4.79 Å². The molecule has 2 N–H and O–H groups in total. The summed E-state index contributed by atoms with van der Waals surface area (Å²) in [6.07, 6.45) is 1.30. The summed E-state index contributed by atoms with van der Waals surface area (Å²) in [7, 11) is 0. The van der Waals surface area contributed by atoms with E-state index in [1.54, 1.807) is 36.4 Å². The molecule has 1 amide bonds. The van der Waals surface area contributed by atoms with Gasteiger partial charge in [-0.3, -0.25) is 4.79 Å². The number of nitriles is 1. The number of aromatic carboxylic acids is 1. The van der Waals surface area contributed by atoms with Gasteiger partial charge in [0.1, 0.15) is 23.2 Å². The van der Waals surface area contributed by atoms with Gasteiger partial charge in [0.2, 0.25) is 0 Å². The number of anilines is 1. The first-order valence-electron chi connectivity index (χ1n) is 8.19. The highest BCUT2D eigenvalue weighted by Crippen LogP contribution is 2.31. The van der Waals surface area contributed by atoms with Crippen LogP contribution in [0.15, 0.2) is 69.1 Å². The number of hydrogen-bond donors (Lipinski definition) is 2. The molecule has 29 heavy (non-hydrogen) atoms. The van der Waals surface area contributed by atoms with E-state index >= 15 is 0 Å². The van der Waals surface area contributed by atoms with Crippen molar-refractivity contribution >= 4 is 51.2 Å². The van der Waals surface area contributed by atoms with E-state index in [9.17, 15) is 14.9 Å². The Balaban J connectivity index is 1.85. The molecule has 0 saturated heterocycles. The van der Waals surface area contributed by atoms with Crippen LogP contribution in [0, 0.1) is 11.3 Å². The van der Waals surface area contributed by atoms with Crippen molar-refractivity contribution in [1.82, 2.24) is 0 Å². The van der Waals surface area contributed by atoms with Crippen molar-refractivity contribution in [1.29, 1.82) is 5.26 Å². The minimum atomic E-state index is -1.09. The first-order valence-corrected chi connectivity index (χ1v) is 9.36. The number of amides is 1. The van der Waals surface area contributed by atoms with Crippen molar-refractivity contribution in [2.45, 2.75) is 0 Å². The quantitative estimate of drug-likeness (QED) is 0.372. The maximum atomic E-state index is 12.3. The average Bonchev–Trinajstić information content (AvgIpc) is 3.16. The summed E-state index contributed by atoms with van der Waals surface area (Å²) in [5.41, 5.74) is 0.837. The Hall–Kier alpha value is -3.34. The van der Waals surface area contributed by atoms with E-state index in [0.29, 0.717) is 22.0 Å². The number of benzene rings is 2. The van der Waals surface area contributed by atoms with Crippen LogP contribution in [0.25, 0.3) is 17.4 Å². The van der Waals surface area contributed by atoms with Crippen LogP contribution in [0.4, 0.5) is 5.69 Å². The van der Waals surface area contributed by atoms with Crippen LogP contribution in [0.2, 0.25) is 5.02 Å². The van der Waals surface area contributed by atoms with E-state index in [-0.39, 0.29) is 16.9 Å². The Bertz CT molecular complexity index is 1160. The zero-order valence-corrected chi connectivity index (χ0v) is 17.0. The molecule has 0 aliphatic heterocycles. The van der Waals surface area contributed by atoms with Gasteiger partial charge < -0.3 is 14.8 Å². The maximum Gasteiger partial charge on any atom is 0.335 e. The largest absolute Gasteiger partial charge is 0.478 e. The van der Waals surface area contributed by atoms with E-state index in [1.165, 1.54) is 24.3 Å². The second-order valence-corrected chi connectivity index (χ2v) is 7.16. The monoisotopic (exact) mass is 470 g/mol. The van der Waals surface area contributed by atoms with Gasteiger partial charge >= 0.3 is 5.97 Å². The normalized spacial score (nSPS) is 11.0. The Labute approximate surface area is 179 Å². The number of furan rings is 1. The van der Waals surface area contributed by atoms with E-state index in [2.05, 4.69) is 21.2 Å². The molecule has 0 aliphatic rings. The van der Waals surface area contributed by atoms with Gasteiger partial charge in [0.15, 0.2) is 0 Å². The molecule has 0 spiro atoms. The summed E-state index contributed by atoms with van der Waals surface area (Å²) in [5, 5.41) is 21.4. The van der Waals surface area contributed by atoms with Crippen LogP contribution >= 0.6 is 27.5 Å². The summed E-state index contributed by atoms with van der Waals surface area (Å²) in [6.45, 7) is 0. The highest BCUT2D eigenvalue weighted by molar-refractivity contribution is 9.10. The molecule has 3 rings (SSSR count). The van der Waals surface area contributed by atoms with E-state index in [4.69, 9.17) is 21.1 Å². The third-order valence-electron chi connectivity index (χ3n) is 3.86. The molecule has 0 bridgehead atoms. The van der Waals surface area contributed by atoms with Gasteiger partial charge in [-0.05, 0) is 54.6 Å². The van der Waals surface area contributed by atoms with Crippen LogP contribution in [-0.4, -0.2) is 17.0 Å². The van der Waals surface area contributed by atoms with Crippen LogP contribution in [0.1, 0.15) is 16.1 Å². The van der Waals surface area contributed by atoms with E-state index in [1.807, 2.05) is 6.07 Å². The standard InChI is InChI=1S/C21H12BrClN2O4/c22-14-2-4-15(5-3-14)25-20(26)13(11-24)9-16-6-8-19(29-16)17-10-12(21(27)28)1-7-18(17)23/h1-10H,(H,25,26)(H,27,28). The summed E-state index contributed by atoms with van der Waals surface area (Å²) in [5.74, 6) is -1.11. The molecule has 0 aliphatic carbocycles. The average molecular weight is 472 g/mol. The molecule has 0 saturated carbocycles. The van der Waals surface area contributed by atoms with Gasteiger partial charge in [-0.1, -0.05) is 27.5 Å². The number of nitrogens with zero attached hydrogens (tertiary/aromatic N) is 1. The van der Waals surface area contributed by atoms with Crippen LogP contribution < -0.4 is 5.32 Å². The number of rotatable bonds is 5. The molecule has 0 unspecified atom stereocenters. The Kier molecular flexibility index (Phi) is 6.17. The number of carboxylic acids is 1. The zero-order chi connectivity index (χ0) is 21.0. The Morgan fingerprint density at radius 3 is 2.52 bits per heavy atom. The SMILES string of the molecule is N#CC(=Cc1ccc(-c2cc(C(=O)O)ccc2Cl)o1)C(=O)Nc1ccc(Br)cc1. The first kappa shape index (κ1) is 20.4. The van der Waals surface area contributed by atoms with Crippen molar-refractivity contribution in [3.05, 3.63) is 81.0 Å². The van der Waals surface area contributed by atoms with Gasteiger partial charge in [0.05, 0.1) is 10.6 Å². The van der Waals surface area contributed by atoms with Crippen LogP contribution in [0.5, 0.6) is 0 Å². The van der Waals surface area contributed by atoms with Gasteiger partial charge in [0, 0.05) is 21.8 Å². The summed E-state index contributed by atoms with van der Waals surface area (Å²) in [4.78, 5) is 23.5. The van der Waals surface area contributed by atoms with Crippen molar-refractivity contribution in [2.75, 3.05) is 5.32 Å². The molecule has 0 fully saturated rings. The number of carbonyl (C=O) groups is 2. The fraction of sp³-hybridized carbons (Fsp3) is 0. The second kappa shape index (κ2) is 8.78. The summed E-state index contributed by atoms with van der Waals surface area (Å²) in [6, 6.07) is 16.1. The molecule has 8 heteroatoms. The summed E-state index contributed by atoms with van der Waals surface area (Å²) >= 11 is 9.45. The van der Waals surface area contributed by atoms with Crippen molar-refractivity contribution in [2.24, 2.45) is 0 Å². The molecule has 144 valence electrons. The molecule has 2 aromatic carbocycles. The van der Waals surface area contributed by atoms with Gasteiger partial charge in [0.25, 0.3) is 5.91 Å². The highest BCUT2D eigenvalue weighted by atomic mass is 79.9. The fourth-order valence-electron chi connectivity index (χ4n) is 2.44. The third-order valence-corrected chi connectivity index (χ3v) is 4.72. The third kappa shape index (κ3) is 4.93. The zero-order valence-electron chi connectivity index (χ0n) is 14.6. The smallest absolute Gasteiger partial charge is 0.335 e. The lowest BCUT2D eigenvalue weighted by molar-refractivity contribution is -0.112. The number of carbonyl (C=O) groups excluding carboxylic acids is 1. The topological polar surface area (TPSA) is 103 Å². The Morgan fingerprint density at radius 1 is 1.14 bits per heavy atom. The number of carboxylic acid groups (broad SMARTS) is 1. The molecule has 6 nitrogen and oxygen atoms in total. The molecule has 3 aromatic rings. The predicted octanol–water partition coefficient (Wildman–Crippen LogP) is 5.61. The van der Waals surface area contributed by atoms with Crippen LogP contribution in [0.3, 0.4) is 0 Å². The predicted molar refractivity (Wildman–Crippen MR) is 112 cm³/mol. The minimum absolute atomic E-state index is 0.0597. The Morgan fingerprint density at radius 2 is 1.86 bits per heavy atom. The second-order valence-electron chi connectivity index (χ2n) is 5.83. The van der Waals surface area contributed by atoms with Gasteiger partial charge in [-0.2, -0.15) is 5.26 Å². The minimum Gasteiger partial charge on any atom is -0.478 e. The van der Waals surface area contributed by atoms with Crippen molar-refractivity contribution < 1.29 is 19.1 Å². The molecule has 0 atom stereocenters. The van der Waals surface area contributed by atoms with Crippen molar-refractivity contribution in [3.63, 3.8) is 0 Å². The number of halogens is 2. The lowest BCUT2D eigenvalue weighted by Crippen LogP contribution is -2.13. The lowest BCUT2D eigenvalue weighted by Gasteiger charge is -2.04. The lowest BCUT2D eigenvalue weighted by atomic mass is 10.1. The molecular formula is C21H12BrClN2O4. The first-order chi connectivity index (χ1) is 13.9. The molecule has 0 radical (unpaired) electrons. The molecule has 1 aromatic heterocycles. The van der Waals surface area contributed by atoms with Crippen molar-refractivity contribution in [3.8, 4) is 17.4 Å². The summed E-state index contributed by atoms with van der Waals surface area (Å²) < 4.78 is 6.50. The fourth-order valence-corrected chi connectivity index (χ4v) is 2.92. The molecular weight excluding hydrogens is 460 g/mol. The van der Waals surface area contributed by atoms with E-state index < -0.39 is 11.9 Å². The molecule has 1 heterocycles. The van der Waals surface area contributed by atoms with Crippen LogP contribution in [-0.2, 0) is 4.79 Å². The maximum absolute atomic E-state index is 12.3. The number of nitrogens with one attached hydrogen (secondary N) is 1. The van der Waals surface area contributed by atoms with E-state index in [0.717, 1.165) is 4.47 Å². The number of hydrogen-bond acceptors (Lipinski definition) is 4. The highest BCUT2D eigenvalue weighted by Gasteiger charge is 2.14. The van der Waals surface area contributed by atoms with Gasteiger partial charge in [-0.15, -0.1) is 0 Å².